The van der Waals surface area contributed by atoms with E-state index in [1.54, 1.807) is 17.5 Å². The Balaban J connectivity index is 1.83. The lowest BCUT2D eigenvalue weighted by Crippen LogP contribution is -2.01. The third-order valence-corrected chi connectivity index (χ3v) is 2.77. The van der Waals surface area contributed by atoms with Gasteiger partial charge in [0.25, 0.3) is 0 Å². The Morgan fingerprint density at radius 3 is 3.07 bits per heavy atom. The number of nitrogens with two attached hydrogens (primary N) is 1. The highest BCUT2D eigenvalue weighted by Crippen LogP contribution is 2.15. The topological polar surface area (TPSA) is 48.1 Å². The molecule has 0 aliphatic heterocycles. The van der Waals surface area contributed by atoms with Crippen LogP contribution < -0.4 is 10.5 Å². The number of nitrogen functional groups attached to an aromatic ring is 1. The number of rotatable bonds is 4. The molecule has 0 spiro atoms. The van der Waals surface area contributed by atoms with Crippen molar-refractivity contribution in [3.05, 3.63) is 40.8 Å². The Kier molecular flexibility index (Phi) is 3.19. The molecule has 0 saturated heterocycles. The van der Waals surface area contributed by atoms with Crippen LogP contribution in [0.4, 0.5) is 5.69 Å². The quantitative estimate of drug-likeness (QED) is 0.804. The van der Waals surface area contributed by atoms with Gasteiger partial charge in [-0.25, -0.2) is 4.98 Å². The molecule has 1 heterocycles. The molecule has 1 aromatic carbocycles. The van der Waals surface area contributed by atoms with Crippen LogP contribution in [-0.4, -0.2) is 11.6 Å². The van der Waals surface area contributed by atoms with Crippen LogP contribution in [0.15, 0.2) is 35.8 Å². The normalized spacial score (nSPS) is 10.1. The minimum Gasteiger partial charge on any atom is -0.493 e. The van der Waals surface area contributed by atoms with Gasteiger partial charge in [-0.1, -0.05) is 6.07 Å². The fourth-order valence-corrected chi connectivity index (χ4v) is 1.84. The van der Waals surface area contributed by atoms with Crippen molar-refractivity contribution >= 4 is 17.0 Å². The van der Waals surface area contributed by atoms with Crippen LogP contribution >= 0.6 is 11.3 Å². The summed E-state index contributed by atoms with van der Waals surface area (Å²) in [6.07, 6.45) is 2.65. The van der Waals surface area contributed by atoms with Crippen LogP contribution in [0.1, 0.15) is 5.01 Å². The van der Waals surface area contributed by atoms with Gasteiger partial charge >= 0.3 is 0 Å². The van der Waals surface area contributed by atoms with Gasteiger partial charge in [-0.2, -0.15) is 0 Å². The zero-order valence-electron chi connectivity index (χ0n) is 8.22. The van der Waals surface area contributed by atoms with Crippen molar-refractivity contribution in [1.82, 2.24) is 4.98 Å². The average molecular weight is 220 g/mol. The van der Waals surface area contributed by atoms with Crippen molar-refractivity contribution in [2.75, 3.05) is 12.3 Å². The van der Waals surface area contributed by atoms with Gasteiger partial charge in [0.1, 0.15) is 5.75 Å². The van der Waals surface area contributed by atoms with Gasteiger partial charge in [0.15, 0.2) is 0 Å². The molecule has 0 bridgehead atoms. The van der Waals surface area contributed by atoms with E-state index in [-0.39, 0.29) is 0 Å². The number of benzene rings is 1. The molecule has 2 N–H and O–H groups in total. The highest BCUT2D eigenvalue weighted by atomic mass is 32.1. The van der Waals surface area contributed by atoms with E-state index in [4.69, 9.17) is 10.5 Å². The Bertz CT molecular complexity index is 414. The van der Waals surface area contributed by atoms with Gasteiger partial charge in [0.2, 0.25) is 0 Å². The predicted octanol–water partition coefficient (Wildman–Crippen LogP) is 2.35. The largest absolute Gasteiger partial charge is 0.493 e. The SMILES string of the molecule is Nc1cccc(OCCc2nccs2)c1. The lowest BCUT2D eigenvalue weighted by molar-refractivity contribution is 0.322. The smallest absolute Gasteiger partial charge is 0.121 e. The highest BCUT2D eigenvalue weighted by Gasteiger charge is 1.97. The first-order chi connectivity index (χ1) is 7.34. The maximum atomic E-state index is 5.63. The van der Waals surface area contributed by atoms with Crippen LogP contribution in [0.25, 0.3) is 0 Å². The van der Waals surface area contributed by atoms with Crippen molar-refractivity contribution in [3.8, 4) is 5.75 Å². The molecule has 0 aliphatic carbocycles. The predicted molar refractivity (Wildman–Crippen MR) is 62.2 cm³/mol. The average Bonchev–Trinajstić information content (AvgIpc) is 2.71. The second kappa shape index (κ2) is 4.79. The summed E-state index contributed by atoms with van der Waals surface area (Å²) in [5.74, 6) is 0.812. The molecular formula is C11H12N2OS. The first-order valence-corrected chi connectivity index (χ1v) is 5.59. The summed E-state index contributed by atoms with van der Waals surface area (Å²) in [5, 5.41) is 3.06. The van der Waals surface area contributed by atoms with E-state index < -0.39 is 0 Å². The maximum Gasteiger partial charge on any atom is 0.121 e. The van der Waals surface area contributed by atoms with Crippen LogP contribution in [0.3, 0.4) is 0 Å². The molecule has 0 amide bonds. The van der Waals surface area contributed by atoms with Crippen LogP contribution in [-0.2, 0) is 6.42 Å². The summed E-state index contributed by atoms with van der Waals surface area (Å²) in [6.45, 7) is 0.636. The molecule has 0 aliphatic rings. The molecule has 4 heteroatoms. The molecule has 78 valence electrons. The van der Waals surface area contributed by atoms with Crippen molar-refractivity contribution in [2.24, 2.45) is 0 Å². The molecule has 2 rings (SSSR count). The van der Waals surface area contributed by atoms with E-state index in [2.05, 4.69) is 4.98 Å². The lowest BCUT2D eigenvalue weighted by atomic mass is 10.3. The zero-order valence-corrected chi connectivity index (χ0v) is 9.04. The van der Waals surface area contributed by atoms with Crippen LogP contribution in [0, 0.1) is 0 Å². The third kappa shape index (κ3) is 2.95. The molecule has 3 nitrogen and oxygen atoms in total. The summed E-state index contributed by atoms with van der Waals surface area (Å²) in [4.78, 5) is 4.18. The highest BCUT2D eigenvalue weighted by molar-refractivity contribution is 7.09. The summed E-state index contributed by atoms with van der Waals surface area (Å²) >= 11 is 1.65. The summed E-state index contributed by atoms with van der Waals surface area (Å²) < 4.78 is 5.55. The Labute approximate surface area is 92.5 Å². The number of hydrogen-bond acceptors (Lipinski definition) is 4. The lowest BCUT2D eigenvalue weighted by Gasteiger charge is -2.04. The molecule has 1 aromatic heterocycles. The third-order valence-electron chi connectivity index (χ3n) is 1.93. The van der Waals surface area contributed by atoms with Gasteiger partial charge < -0.3 is 10.5 Å². The van der Waals surface area contributed by atoms with Crippen molar-refractivity contribution in [1.29, 1.82) is 0 Å². The summed E-state index contributed by atoms with van der Waals surface area (Å²) in [6, 6.07) is 7.45. The minimum absolute atomic E-state index is 0.636. The van der Waals surface area contributed by atoms with Crippen LogP contribution in [0.5, 0.6) is 5.75 Å². The standard InChI is InChI=1S/C11H12N2OS/c12-9-2-1-3-10(8-9)14-6-4-11-13-5-7-15-11/h1-3,5,7-8H,4,6,12H2. The second-order valence-electron chi connectivity index (χ2n) is 3.10. The second-order valence-corrected chi connectivity index (χ2v) is 4.08. The van der Waals surface area contributed by atoms with Crippen molar-refractivity contribution < 1.29 is 4.74 Å². The first-order valence-electron chi connectivity index (χ1n) is 4.71. The van der Waals surface area contributed by atoms with Crippen molar-refractivity contribution in [3.63, 3.8) is 0 Å². The fourth-order valence-electron chi connectivity index (χ4n) is 1.24. The minimum atomic E-state index is 0.636. The Morgan fingerprint density at radius 2 is 2.33 bits per heavy atom. The number of nitrogens with zero attached hydrogens (tertiary/aromatic N) is 1. The fraction of sp³-hybridized carbons (Fsp3) is 0.182. The number of hydrogen-bond donors (Lipinski definition) is 1. The van der Waals surface area contributed by atoms with Gasteiger partial charge in [0, 0.05) is 29.8 Å². The molecular weight excluding hydrogens is 208 g/mol. The van der Waals surface area contributed by atoms with E-state index in [9.17, 15) is 0 Å². The summed E-state index contributed by atoms with van der Waals surface area (Å²) in [5.41, 5.74) is 6.36. The molecule has 0 radical (unpaired) electrons. The van der Waals surface area contributed by atoms with Crippen LogP contribution in [0.2, 0.25) is 0 Å². The molecule has 0 fully saturated rings. The monoisotopic (exact) mass is 220 g/mol. The molecule has 0 saturated carbocycles. The van der Waals surface area contributed by atoms with Gasteiger partial charge in [-0.15, -0.1) is 11.3 Å². The number of thiazole rings is 1. The van der Waals surface area contributed by atoms with Gasteiger partial charge in [0.05, 0.1) is 11.6 Å². The van der Waals surface area contributed by atoms with E-state index >= 15 is 0 Å². The molecule has 0 atom stereocenters. The zero-order chi connectivity index (χ0) is 10.5. The number of aromatic nitrogens is 1. The maximum absolute atomic E-state index is 5.63. The molecule has 0 unspecified atom stereocenters. The van der Waals surface area contributed by atoms with Crippen molar-refractivity contribution in [2.45, 2.75) is 6.42 Å². The Morgan fingerprint density at radius 1 is 1.40 bits per heavy atom. The van der Waals surface area contributed by atoms with E-state index in [0.29, 0.717) is 6.61 Å². The molecule has 2 aromatic rings. The number of ether oxygens (including phenoxy) is 1. The van der Waals surface area contributed by atoms with E-state index in [1.165, 1.54) is 0 Å². The number of anilines is 1. The van der Waals surface area contributed by atoms with E-state index in [1.807, 2.05) is 29.6 Å². The van der Waals surface area contributed by atoms with Gasteiger partial charge in [-0.05, 0) is 12.1 Å². The van der Waals surface area contributed by atoms with E-state index in [0.717, 1.165) is 22.9 Å². The summed E-state index contributed by atoms with van der Waals surface area (Å²) in [7, 11) is 0. The first kappa shape index (κ1) is 9.98. The van der Waals surface area contributed by atoms with Gasteiger partial charge in [-0.3, -0.25) is 0 Å². The Hall–Kier alpha value is -1.55. The molecule has 15 heavy (non-hydrogen) atoms.